The molecule has 7 nitrogen and oxygen atoms in total. The van der Waals surface area contributed by atoms with Crippen molar-refractivity contribution in [2.24, 2.45) is 0 Å². The third-order valence-corrected chi connectivity index (χ3v) is 6.68. The molecule has 0 saturated carbocycles. The van der Waals surface area contributed by atoms with Crippen molar-refractivity contribution in [2.45, 2.75) is 12.5 Å². The van der Waals surface area contributed by atoms with Gasteiger partial charge in [-0.1, -0.05) is 12.1 Å². The standard InChI is InChI=1S/C24H28N4O3S/c1-26-12-14-27(15-13-26)18-9-7-17(8-10-18)25-22(29)21(11-16-32-2)28-23(30)19-5-3-4-6-20(19)24(28)31/h3-10,21H,11-16H2,1-2H3,(H,25,29)/t21-/m1/s1. The van der Waals surface area contributed by atoms with E-state index >= 15 is 0 Å². The van der Waals surface area contributed by atoms with Crippen molar-refractivity contribution in [1.29, 1.82) is 0 Å². The fraction of sp³-hybridized carbons (Fsp3) is 0.375. The molecule has 0 radical (unpaired) electrons. The number of hydrogen-bond donors (Lipinski definition) is 1. The van der Waals surface area contributed by atoms with E-state index in [2.05, 4.69) is 22.2 Å². The molecule has 0 aliphatic carbocycles. The van der Waals surface area contributed by atoms with Crippen molar-refractivity contribution >= 4 is 40.9 Å². The van der Waals surface area contributed by atoms with E-state index in [-0.39, 0.29) is 5.91 Å². The van der Waals surface area contributed by atoms with Crippen molar-refractivity contribution in [2.75, 3.05) is 55.5 Å². The van der Waals surface area contributed by atoms with E-state index < -0.39 is 17.9 Å². The summed E-state index contributed by atoms with van der Waals surface area (Å²) in [5.74, 6) is -0.496. The minimum Gasteiger partial charge on any atom is -0.369 e. The number of hydrogen-bond acceptors (Lipinski definition) is 6. The number of carbonyl (C=O) groups excluding carboxylic acids is 3. The summed E-state index contributed by atoms with van der Waals surface area (Å²) in [4.78, 5) is 44.8. The zero-order valence-corrected chi connectivity index (χ0v) is 19.2. The van der Waals surface area contributed by atoms with Gasteiger partial charge in [-0.05, 0) is 61.9 Å². The number of likely N-dealkylation sites (N-methyl/N-ethyl adjacent to an activating group) is 1. The predicted octanol–water partition coefficient (Wildman–Crippen LogP) is 2.79. The highest BCUT2D eigenvalue weighted by atomic mass is 32.2. The van der Waals surface area contributed by atoms with Gasteiger partial charge in [0.25, 0.3) is 11.8 Å². The molecule has 2 aliphatic rings. The van der Waals surface area contributed by atoms with Gasteiger partial charge in [0.2, 0.25) is 5.91 Å². The molecule has 168 valence electrons. The number of piperazine rings is 1. The Balaban J connectivity index is 1.48. The largest absolute Gasteiger partial charge is 0.369 e. The topological polar surface area (TPSA) is 73.0 Å². The molecule has 2 aliphatic heterocycles. The van der Waals surface area contributed by atoms with Crippen LogP contribution in [0, 0.1) is 0 Å². The van der Waals surface area contributed by atoms with E-state index in [1.165, 1.54) is 0 Å². The SMILES string of the molecule is CSCC[C@H](C(=O)Nc1ccc(N2CCN(C)CC2)cc1)N1C(=O)c2ccccc2C1=O. The van der Waals surface area contributed by atoms with Gasteiger partial charge in [0.05, 0.1) is 11.1 Å². The Kier molecular flexibility index (Phi) is 6.81. The molecule has 1 atom stereocenters. The Bertz CT molecular complexity index is 968. The molecule has 8 heteroatoms. The lowest BCUT2D eigenvalue weighted by Crippen LogP contribution is -2.47. The molecular weight excluding hydrogens is 424 g/mol. The smallest absolute Gasteiger partial charge is 0.262 e. The highest BCUT2D eigenvalue weighted by Crippen LogP contribution is 2.27. The molecule has 2 heterocycles. The fourth-order valence-corrected chi connectivity index (χ4v) is 4.60. The van der Waals surface area contributed by atoms with Crippen molar-refractivity contribution in [3.8, 4) is 0 Å². The first-order valence-electron chi connectivity index (χ1n) is 10.8. The van der Waals surface area contributed by atoms with E-state index in [0.717, 1.165) is 36.8 Å². The number of nitrogens with zero attached hydrogens (tertiary/aromatic N) is 3. The van der Waals surface area contributed by atoms with Crippen LogP contribution in [0.5, 0.6) is 0 Å². The van der Waals surface area contributed by atoms with Crippen LogP contribution in [0.25, 0.3) is 0 Å². The molecule has 2 aromatic rings. The zero-order chi connectivity index (χ0) is 22.7. The molecule has 4 rings (SSSR count). The maximum absolute atomic E-state index is 13.2. The van der Waals surface area contributed by atoms with E-state index in [1.54, 1.807) is 36.0 Å². The van der Waals surface area contributed by atoms with Crippen LogP contribution >= 0.6 is 11.8 Å². The third-order valence-electron chi connectivity index (χ3n) is 6.04. The van der Waals surface area contributed by atoms with Crippen molar-refractivity contribution < 1.29 is 14.4 Å². The lowest BCUT2D eigenvalue weighted by atomic mass is 10.1. The Morgan fingerprint density at radius 3 is 2.12 bits per heavy atom. The minimum absolute atomic E-state index is 0.346. The number of imide groups is 1. The van der Waals surface area contributed by atoms with Crippen LogP contribution in [0.2, 0.25) is 0 Å². The molecule has 0 aromatic heterocycles. The zero-order valence-electron chi connectivity index (χ0n) is 18.4. The maximum atomic E-state index is 13.2. The van der Waals surface area contributed by atoms with Gasteiger partial charge in [-0.3, -0.25) is 19.3 Å². The molecule has 1 fully saturated rings. The lowest BCUT2D eigenvalue weighted by Gasteiger charge is -2.34. The highest BCUT2D eigenvalue weighted by Gasteiger charge is 2.42. The summed E-state index contributed by atoms with van der Waals surface area (Å²) in [6, 6.07) is 13.6. The first-order valence-corrected chi connectivity index (χ1v) is 12.2. The van der Waals surface area contributed by atoms with Crippen LogP contribution in [0.15, 0.2) is 48.5 Å². The molecule has 3 amide bonds. The summed E-state index contributed by atoms with van der Waals surface area (Å²) in [5.41, 5.74) is 2.49. The molecule has 1 N–H and O–H groups in total. The summed E-state index contributed by atoms with van der Waals surface area (Å²) >= 11 is 1.58. The number of fused-ring (bicyclic) bond motifs is 1. The van der Waals surface area contributed by atoms with E-state index in [0.29, 0.717) is 29.0 Å². The fourth-order valence-electron chi connectivity index (χ4n) is 4.14. The molecule has 1 saturated heterocycles. The molecule has 2 aromatic carbocycles. The second-order valence-electron chi connectivity index (χ2n) is 8.15. The number of rotatable bonds is 7. The number of anilines is 2. The third kappa shape index (κ3) is 4.52. The van der Waals surface area contributed by atoms with Crippen LogP contribution in [0.3, 0.4) is 0 Å². The second-order valence-corrected chi connectivity index (χ2v) is 9.14. The normalized spacial score (nSPS) is 17.4. The predicted molar refractivity (Wildman–Crippen MR) is 129 cm³/mol. The van der Waals surface area contributed by atoms with E-state index in [9.17, 15) is 14.4 Å². The summed E-state index contributed by atoms with van der Waals surface area (Å²) in [5, 5.41) is 2.91. The van der Waals surface area contributed by atoms with Gasteiger partial charge >= 0.3 is 0 Å². The number of benzene rings is 2. The van der Waals surface area contributed by atoms with Gasteiger partial charge in [0, 0.05) is 37.6 Å². The summed E-state index contributed by atoms with van der Waals surface area (Å²) in [7, 11) is 2.12. The summed E-state index contributed by atoms with van der Waals surface area (Å²) in [6.07, 6.45) is 2.34. The Labute approximate surface area is 192 Å². The molecule has 0 spiro atoms. The van der Waals surface area contributed by atoms with Crippen molar-refractivity contribution in [3.63, 3.8) is 0 Å². The van der Waals surface area contributed by atoms with E-state index in [1.807, 2.05) is 30.5 Å². The summed E-state index contributed by atoms with van der Waals surface area (Å²) < 4.78 is 0. The number of thioether (sulfide) groups is 1. The minimum atomic E-state index is -0.854. The van der Waals surface area contributed by atoms with Gasteiger partial charge in [0.15, 0.2) is 0 Å². The first-order chi connectivity index (χ1) is 15.5. The molecular formula is C24H28N4O3S. The molecule has 0 unspecified atom stereocenters. The summed E-state index contributed by atoms with van der Waals surface area (Å²) in [6.45, 7) is 3.99. The molecule has 32 heavy (non-hydrogen) atoms. The first kappa shape index (κ1) is 22.4. The number of nitrogens with one attached hydrogen (secondary N) is 1. The van der Waals surface area contributed by atoms with Gasteiger partial charge in [-0.25, -0.2) is 0 Å². The lowest BCUT2D eigenvalue weighted by molar-refractivity contribution is -0.120. The van der Waals surface area contributed by atoms with Crippen molar-refractivity contribution in [1.82, 2.24) is 9.80 Å². The Hall–Kier alpha value is -2.84. The van der Waals surface area contributed by atoms with Crippen LogP contribution in [-0.2, 0) is 4.79 Å². The van der Waals surface area contributed by atoms with Gasteiger partial charge in [0.1, 0.15) is 6.04 Å². The highest BCUT2D eigenvalue weighted by molar-refractivity contribution is 7.98. The Morgan fingerprint density at radius 2 is 1.56 bits per heavy atom. The van der Waals surface area contributed by atoms with Crippen molar-refractivity contribution in [3.05, 3.63) is 59.7 Å². The number of amides is 3. The van der Waals surface area contributed by atoms with Crippen LogP contribution in [0.1, 0.15) is 27.1 Å². The average Bonchev–Trinajstić information content (AvgIpc) is 3.06. The van der Waals surface area contributed by atoms with Gasteiger partial charge in [-0.15, -0.1) is 0 Å². The quantitative estimate of drug-likeness (QED) is 0.652. The molecule has 0 bridgehead atoms. The monoisotopic (exact) mass is 452 g/mol. The maximum Gasteiger partial charge on any atom is 0.262 e. The van der Waals surface area contributed by atoms with E-state index in [4.69, 9.17) is 0 Å². The van der Waals surface area contributed by atoms with Gasteiger partial charge < -0.3 is 15.1 Å². The average molecular weight is 453 g/mol. The van der Waals surface area contributed by atoms with Crippen LogP contribution in [-0.4, -0.2) is 78.8 Å². The number of carbonyl (C=O) groups is 3. The van der Waals surface area contributed by atoms with Crippen LogP contribution in [0.4, 0.5) is 11.4 Å². The van der Waals surface area contributed by atoms with Gasteiger partial charge in [-0.2, -0.15) is 11.8 Å². The second kappa shape index (κ2) is 9.75. The van der Waals surface area contributed by atoms with Crippen LogP contribution < -0.4 is 10.2 Å². The Morgan fingerprint density at radius 1 is 0.969 bits per heavy atom.